The Morgan fingerprint density at radius 3 is 2.02 bits per heavy atom. The Morgan fingerprint density at radius 1 is 0.477 bits per heavy atom. The maximum Gasteiger partial charge on any atom is 0.138 e. The number of nitrogens with zero attached hydrogens (tertiary/aromatic N) is 2. The molecule has 2 heterocycles. The van der Waals surface area contributed by atoms with Crippen molar-refractivity contribution in [3.63, 3.8) is 0 Å². The van der Waals surface area contributed by atoms with Gasteiger partial charge in [0.05, 0.1) is 16.6 Å². The molecule has 0 saturated heterocycles. The third-order valence-corrected chi connectivity index (χ3v) is 10.1. The second kappa shape index (κ2) is 8.33. The molecule has 2 heteroatoms. The molecule has 0 bridgehead atoms. The summed E-state index contributed by atoms with van der Waals surface area (Å²) in [6.07, 6.45) is 0. The summed E-state index contributed by atoms with van der Waals surface area (Å²) in [5, 5.41) is 3.74. The van der Waals surface area contributed by atoms with Crippen LogP contribution in [0.5, 0.6) is 0 Å². The van der Waals surface area contributed by atoms with E-state index in [0.717, 1.165) is 11.3 Å². The quantitative estimate of drug-likeness (QED) is 0.206. The van der Waals surface area contributed by atoms with Crippen molar-refractivity contribution in [1.82, 2.24) is 9.55 Å². The summed E-state index contributed by atoms with van der Waals surface area (Å²) in [5.41, 5.74) is 16.5. The van der Waals surface area contributed by atoms with Crippen molar-refractivity contribution in [2.45, 2.75) is 19.3 Å². The minimum atomic E-state index is -0.0241. The predicted molar refractivity (Wildman–Crippen MR) is 184 cm³/mol. The van der Waals surface area contributed by atoms with E-state index in [1.807, 2.05) is 0 Å². The Bertz CT molecular complexity index is 2530. The number of hydrogen-bond acceptors (Lipinski definition) is 1. The van der Waals surface area contributed by atoms with Crippen LogP contribution in [-0.4, -0.2) is 9.55 Å². The second-order valence-corrected chi connectivity index (χ2v) is 12.8. The Morgan fingerprint density at radius 2 is 1.14 bits per heavy atom. The molecule has 44 heavy (non-hydrogen) atoms. The molecule has 0 saturated carbocycles. The minimum absolute atomic E-state index is 0.0241. The molecule has 0 aliphatic heterocycles. The van der Waals surface area contributed by atoms with E-state index in [4.69, 9.17) is 4.98 Å². The summed E-state index contributed by atoms with van der Waals surface area (Å²) in [4.78, 5) is 5.28. The van der Waals surface area contributed by atoms with Crippen LogP contribution in [0.2, 0.25) is 0 Å². The number of para-hydroxylation sites is 1. The maximum absolute atomic E-state index is 5.28. The predicted octanol–water partition coefficient (Wildman–Crippen LogP) is 11.0. The minimum Gasteiger partial charge on any atom is -0.294 e. The largest absolute Gasteiger partial charge is 0.294 e. The van der Waals surface area contributed by atoms with E-state index in [0.29, 0.717) is 0 Å². The van der Waals surface area contributed by atoms with Gasteiger partial charge in [-0.2, -0.15) is 0 Å². The fourth-order valence-electron chi connectivity index (χ4n) is 8.06. The number of pyridine rings is 1. The lowest BCUT2D eigenvalue weighted by atomic mass is 9.81. The molecule has 0 fully saturated rings. The molecule has 10 rings (SSSR count). The molecule has 2 aromatic heterocycles. The van der Waals surface area contributed by atoms with Crippen LogP contribution >= 0.6 is 0 Å². The monoisotopic (exact) mass is 560 g/mol. The Kier molecular flexibility index (Phi) is 4.55. The lowest BCUT2D eigenvalue weighted by Gasteiger charge is -2.22. The zero-order valence-electron chi connectivity index (χ0n) is 24.6. The first-order chi connectivity index (χ1) is 21.6. The van der Waals surface area contributed by atoms with Crippen molar-refractivity contribution in [1.29, 1.82) is 0 Å². The molecule has 2 nitrogen and oxygen atoms in total. The number of hydrogen-bond donors (Lipinski definition) is 0. The molecule has 0 spiro atoms. The van der Waals surface area contributed by atoms with Crippen LogP contribution in [0.25, 0.3) is 83.0 Å². The van der Waals surface area contributed by atoms with Crippen molar-refractivity contribution >= 4 is 32.7 Å². The van der Waals surface area contributed by atoms with E-state index >= 15 is 0 Å². The number of benzene rings is 6. The van der Waals surface area contributed by atoms with E-state index in [1.54, 1.807) is 0 Å². The second-order valence-electron chi connectivity index (χ2n) is 12.8. The van der Waals surface area contributed by atoms with Crippen molar-refractivity contribution in [3.05, 3.63) is 145 Å². The van der Waals surface area contributed by atoms with Gasteiger partial charge in [-0.15, -0.1) is 0 Å². The lowest BCUT2D eigenvalue weighted by molar-refractivity contribution is 0.660. The highest BCUT2D eigenvalue weighted by Crippen LogP contribution is 2.50. The van der Waals surface area contributed by atoms with E-state index in [-0.39, 0.29) is 5.41 Å². The van der Waals surface area contributed by atoms with Crippen LogP contribution in [0.4, 0.5) is 0 Å². The molecule has 0 atom stereocenters. The number of fused-ring (bicyclic) bond motifs is 9. The smallest absolute Gasteiger partial charge is 0.138 e. The molecule has 8 aromatic rings. The van der Waals surface area contributed by atoms with Crippen LogP contribution in [0.3, 0.4) is 0 Å². The first kappa shape index (κ1) is 24.0. The van der Waals surface area contributed by atoms with Gasteiger partial charge in [0.15, 0.2) is 0 Å². The fourth-order valence-corrected chi connectivity index (χ4v) is 8.06. The molecular weight excluding hydrogens is 532 g/mol. The molecular formula is C42H28N2. The van der Waals surface area contributed by atoms with Crippen molar-refractivity contribution in [2.75, 3.05) is 0 Å². The van der Waals surface area contributed by atoms with Gasteiger partial charge in [-0.1, -0.05) is 111 Å². The highest BCUT2D eigenvalue weighted by Gasteiger charge is 2.35. The summed E-state index contributed by atoms with van der Waals surface area (Å²) >= 11 is 0. The van der Waals surface area contributed by atoms with Crippen LogP contribution in [-0.2, 0) is 5.41 Å². The Labute approximate surface area is 255 Å². The molecule has 0 radical (unpaired) electrons. The summed E-state index contributed by atoms with van der Waals surface area (Å²) < 4.78 is 2.35. The SMILES string of the molecule is CC1(C)c2ccccc2-c2ccc(-c3ccc4c(c3)c3ccccc3n4-c3cc4c5c(cccc5n3)-c3ccccc3-4)cc21. The van der Waals surface area contributed by atoms with Crippen molar-refractivity contribution in [2.24, 2.45) is 0 Å². The van der Waals surface area contributed by atoms with Gasteiger partial charge >= 0.3 is 0 Å². The van der Waals surface area contributed by atoms with Crippen LogP contribution in [0.15, 0.2) is 133 Å². The first-order valence-electron chi connectivity index (χ1n) is 15.4. The molecule has 2 aliphatic carbocycles. The topological polar surface area (TPSA) is 17.8 Å². The molecule has 2 aliphatic rings. The molecule has 0 N–H and O–H groups in total. The van der Waals surface area contributed by atoms with Gasteiger partial charge in [-0.05, 0) is 92.0 Å². The summed E-state index contributed by atoms with van der Waals surface area (Å²) in [6.45, 7) is 4.70. The van der Waals surface area contributed by atoms with E-state index in [2.05, 4.69) is 152 Å². The highest BCUT2D eigenvalue weighted by molar-refractivity contribution is 6.15. The van der Waals surface area contributed by atoms with Gasteiger partial charge in [-0.25, -0.2) is 4.98 Å². The Balaban J connectivity index is 1.18. The highest BCUT2D eigenvalue weighted by atomic mass is 15.1. The van der Waals surface area contributed by atoms with Crippen molar-refractivity contribution in [3.8, 4) is 50.3 Å². The maximum atomic E-state index is 5.28. The van der Waals surface area contributed by atoms with Gasteiger partial charge in [0.1, 0.15) is 5.82 Å². The van der Waals surface area contributed by atoms with Gasteiger partial charge in [0.2, 0.25) is 0 Å². The van der Waals surface area contributed by atoms with E-state index in [9.17, 15) is 0 Å². The summed E-state index contributed by atoms with van der Waals surface area (Å²) in [5.74, 6) is 0.956. The molecule has 6 aromatic carbocycles. The third-order valence-electron chi connectivity index (χ3n) is 10.1. The van der Waals surface area contributed by atoms with Gasteiger partial charge in [0.25, 0.3) is 0 Å². The fraction of sp³-hybridized carbons (Fsp3) is 0.0714. The number of aromatic nitrogens is 2. The average molecular weight is 561 g/mol. The lowest BCUT2D eigenvalue weighted by Crippen LogP contribution is -2.14. The van der Waals surface area contributed by atoms with Gasteiger partial charge < -0.3 is 0 Å². The van der Waals surface area contributed by atoms with Gasteiger partial charge in [0, 0.05) is 21.6 Å². The summed E-state index contributed by atoms with van der Waals surface area (Å²) in [7, 11) is 0. The van der Waals surface area contributed by atoms with E-state index < -0.39 is 0 Å². The zero-order valence-corrected chi connectivity index (χ0v) is 24.6. The normalized spacial score (nSPS) is 13.9. The van der Waals surface area contributed by atoms with Crippen LogP contribution in [0, 0.1) is 0 Å². The average Bonchev–Trinajstić information content (AvgIpc) is 3.65. The number of rotatable bonds is 2. The van der Waals surface area contributed by atoms with Crippen LogP contribution in [0.1, 0.15) is 25.0 Å². The third kappa shape index (κ3) is 3.02. The first-order valence-corrected chi connectivity index (χ1v) is 15.4. The standard InChI is InChI=1S/C42H28N2/c1-42(2)35-15-7-5-12-29(35)30-20-18-26(23-36(30)42)25-19-21-39-33(22-25)31-13-6-8-17-38(31)44(39)40-24-34-28-11-4-3-10-27(28)32-14-9-16-37(43-40)41(32)34/h3-24H,1-2H3. The van der Waals surface area contributed by atoms with Crippen molar-refractivity contribution < 1.29 is 0 Å². The van der Waals surface area contributed by atoms with E-state index in [1.165, 1.54) is 82.8 Å². The van der Waals surface area contributed by atoms with Crippen LogP contribution < -0.4 is 0 Å². The zero-order chi connectivity index (χ0) is 29.2. The molecule has 0 amide bonds. The van der Waals surface area contributed by atoms with Gasteiger partial charge in [-0.3, -0.25) is 4.57 Å². The molecule has 0 unspecified atom stereocenters. The Hall–Kier alpha value is -5.47. The molecule has 206 valence electrons. The summed E-state index contributed by atoms with van der Waals surface area (Å²) in [6, 6.07) is 49.1.